The molecule has 2 unspecified atom stereocenters. The molecule has 1 aromatic carbocycles. The number of rotatable bonds is 3. The molecule has 4 rings (SSSR count). The average Bonchev–Trinajstić information content (AvgIpc) is 3.10. The maximum atomic E-state index is 4.75. The van der Waals surface area contributed by atoms with Gasteiger partial charge in [0.15, 0.2) is 0 Å². The van der Waals surface area contributed by atoms with E-state index in [2.05, 4.69) is 84.1 Å². The largest absolute Gasteiger partial charge is 0.147 e. The van der Waals surface area contributed by atoms with Crippen molar-refractivity contribution >= 4 is 35.8 Å². The predicted molar refractivity (Wildman–Crippen MR) is 137 cm³/mol. The normalized spacial score (nSPS) is 19.8. The molecule has 164 valence electrons. The van der Waals surface area contributed by atoms with Gasteiger partial charge in [0.25, 0.3) is 0 Å². The SMILES string of the molecule is CC1=C(C)C(C)[C]([Zr]([CH]2C(C)=C(c3ccccn3)c3ccccc32)=[Si](C)C)=C1C.Cl.Cl. The van der Waals surface area contributed by atoms with Crippen LogP contribution in [0.5, 0.6) is 0 Å². The third-order valence-electron chi connectivity index (χ3n) is 7.05. The molecule has 2 aromatic rings. The Bertz CT molecular complexity index is 1130. The van der Waals surface area contributed by atoms with E-state index in [0.717, 1.165) is 5.69 Å². The maximum absolute atomic E-state index is 4.75. The molecule has 1 aromatic heterocycles. The van der Waals surface area contributed by atoms with Crippen molar-refractivity contribution in [3.05, 3.63) is 91.1 Å². The number of hydrogen-bond donors (Lipinski definition) is 0. The molecule has 0 spiro atoms. The molecule has 0 N–H and O–H groups in total. The predicted octanol–water partition coefficient (Wildman–Crippen LogP) is 7.93. The van der Waals surface area contributed by atoms with Crippen molar-refractivity contribution in [3.8, 4) is 0 Å². The van der Waals surface area contributed by atoms with Crippen LogP contribution in [0.3, 0.4) is 0 Å². The molecule has 1 heterocycles. The third-order valence-corrected chi connectivity index (χ3v) is 26.0. The molecule has 0 amide bonds. The molecular formula is C26H33Cl2NSiZr. The van der Waals surface area contributed by atoms with Crippen molar-refractivity contribution < 1.29 is 20.4 Å². The molecule has 0 radical (unpaired) electrons. The van der Waals surface area contributed by atoms with E-state index in [4.69, 9.17) is 4.98 Å². The monoisotopic (exact) mass is 547 g/mol. The molecule has 31 heavy (non-hydrogen) atoms. The Morgan fingerprint density at radius 3 is 2.03 bits per heavy atom. The average molecular weight is 550 g/mol. The van der Waals surface area contributed by atoms with Gasteiger partial charge in [-0.25, -0.2) is 0 Å². The van der Waals surface area contributed by atoms with E-state index in [1.165, 1.54) is 11.1 Å². The van der Waals surface area contributed by atoms with Gasteiger partial charge in [0.1, 0.15) is 0 Å². The minimum atomic E-state index is -1.96. The van der Waals surface area contributed by atoms with Gasteiger partial charge in [-0.1, -0.05) is 0 Å². The first-order valence-corrected chi connectivity index (χ1v) is 19.5. The van der Waals surface area contributed by atoms with Crippen molar-refractivity contribution in [2.75, 3.05) is 0 Å². The Balaban J connectivity index is 0.00000171. The first kappa shape index (κ1) is 26.5. The number of benzene rings is 1. The summed E-state index contributed by atoms with van der Waals surface area (Å²) in [7, 11) is 0. The number of pyridine rings is 1. The van der Waals surface area contributed by atoms with Gasteiger partial charge >= 0.3 is 185 Å². The van der Waals surface area contributed by atoms with Gasteiger partial charge in [-0.2, -0.15) is 0 Å². The van der Waals surface area contributed by atoms with Crippen molar-refractivity contribution in [1.82, 2.24) is 4.98 Å². The molecule has 5 heteroatoms. The number of fused-ring (bicyclic) bond motifs is 1. The van der Waals surface area contributed by atoms with Crippen LogP contribution in [-0.4, -0.2) is 10.4 Å². The van der Waals surface area contributed by atoms with Crippen molar-refractivity contribution in [2.24, 2.45) is 5.92 Å². The van der Waals surface area contributed by atoms with Crippen LogP contribution in [0.1, 0.15) is 55.1 Å². The first-order chi connectivity index (χ1) is 13.8. The minimum absolute atomic E-state index is 0. The van der Waals surface area contributed by atoms with Gasteiger partial charge in [-0.15, -0.1) is 24.8 Å². The minimum Gasteiger partial charge on any atom is -0.147 e. The number of allylic oxidation sites excluding steroid dienone is 5. The van der Waals surface area contributed by atoms with E-state index in [1.807, 2.05) is 15.5 Å². The van der Waals surface area contributed by atoms with Crippen LogP contribution < -0.4 is 0 Å². The summed E-state index contributed by atoms with van der Waals surface area (Å²) in [6.07, 6.45) is 1.93. The van der Waals surface area contributed by atoms with E-state index in [9.17, 15) is 0 Å². The van der Waals surface area contributed by atoms with Crippen LogP contribution >= 0.6 is 24.8 Å². The first-order valence-electron chi connectivity index (χ1n) is 10.6. The van der Waals surface area contributed by atoms with Crippen molar-refractivity contribution in [2.45, 2.75) is 51.3 Å². The fourth-order valence-corrected chi connectivity index (χ4v) is 25.9. The summed E-state index contributed by atoms with van der Waals surface area (Å²) in [5.41, 5.74) is 11.6. The van der Waals surface area contributed by atoms with Crippen LogP contribution in [0.15, 0.2) is 74.2 Å². The van der Waals surface area contributed by atoms with Crippen LogP contribution in [0.25, 0.3) is 5.57 Å². The zero-order valence-corrected chi connectivity index (χ0v) is 24.6. The van der Waals surface area contributed by atoms with Gasteiger partial charge in [-0.3, -0.25) is 0 Å². The molecule has 0 saturated heterocycles. The fraction of sp³-hybridized carbons (Fsp3) is 0.346. The second kappa shape index (κ2) is 10.5. The summed E-state index contributed by atoms with van der Waals surface area (Å²) in [5.74, 6) is 0.642. The summed E-state index contributed by atoms with van der Waals surface area (Å²) < 4.78 is 2.54. The number of halogens is 2. The molecule has 2 aliphatic rings. The number of aromatic nitrogens is 1. The Kier molecular flexibility index (Phi) is 8.96. The van der Waals surface area contributed by atoms with Gasteiger partial charge in [-0.05, 0) is 0 Å². The molecule has 2 atom stereocenters. The standard InChI is InChI=1S/C15H12N.C9H13.C2H6Si.2ClH.Zr/c1-11-10-12-6-2-3-7-13(12)15(11)14-8-4-5-9-16-14;1-6-5-7(2)9(4)8(6)3;1-3-2;;;/h2-10H,1H3;6H,1-4H3;1-2H3;2*1H;. The Morgan fingerprint density at radius 1 is 0.839 bits per heavy atom. The van der Waals surface area contributed by atoms with Crippen LogP contribution in [0, 0.1) is 5.92 Å². The zero-order chi connectivity index (χ0) is 20.9. The summed E-state index contributed by atoms with van der Waals surface area (Å²) in [6.45, 7) is 17.2. The van der Waals surface area contributed by atoms with Crippen LogP contribution in [-0.2, 0) is 20.4 Å². The summed E-state index contributed by atoms with van der Waals surface area (Å²) >= 11 is -1.96. The maximum Gasteiger partial charge on any atom is -0.147 e. The van der Waals surface area contributed by atoms with E-state index >= 15 is 0 Å². The van der Waals surface area contributed by atoms with E-state index in [-0.39, 0.29) is 30.2 Å². The summed E-state index contributed by atoms with van der Waals surface area (Å²) in [6, 6.07) is 15.5. The zero-order valence-electron chi connectivity index (χ0n) is 19.5. The van der Waals surface area contributed by atoms with Crippen molar-refractivity contribution in [1.29, 1.82) is 0 Å². The van der Waals surface area contributed by atoms with E-state index in [0.29, 0.717) is 9.54 Å². The third kappa shape index (κ3) is 4.41. The van der Waals surface area contributed by atoms with E-state index in [1.54, 1.807) is 27.9 Å². The van der Waals surface area contributed by atoms with Crippen LogP contribution in [0.2, 0.25) is 13.1 Å². The Labute approximate surface area is 208 Å². The van der Waals surface area contributed by atoms with E-state index < -0.39 is 20.4 Å². The number of hydrogen-bond acceptors (Lipinski definition) is 1. The molecule has 1 nitrogen and oxygen atoms in total. The molecule has 0 bridgehead atoms. The molecule has 0 saturated carbocycles. The Hall–Kier alpha value is -0.730. The fourth-order valence-electron chi connectivity index (χ4n) is 5.30. The van der Waals surface area contributed by atoms with Gasteiger partial charge < -0.3 is 0 Å². The molecule has 0 aliphatic heterocycles. The van der Waals surface area contributed by atoms with Crippen LogP contribution in [0.4, 0.5) is 0 Å². The molecular weight excluding hydrogens is 517 g/mol. The van der Waals surface area contributed by atoms with Gasteiger partial charge in [0.2, 0.25) is 0 Å². The molecule has 0 fully saturated rings. The smallest absolute Gasteiger partial charge is 0.147 e. The summed E-state index contributed by atoms with van der Waals surface area (Å²) in [5, 5.41) is 0. The second-order valence-electron chi connectivity index (χ2n) is 8.78. The van der Waals surface area contributed by atoms with Gasteiger partial charge in [0, 0.05) is 0 Å². The Morgan fingerprint density at radius 2 is 1.48 bits per heavy atom. The number of nitrogens with zero attached hydrogens (tertiary/aromatic N) is 1. The summed E-state index contributed by atoms with van der Waals surface area (Å²) in [4.78, 5) is 4.75. The van der Waals surface area contributed by atoms with Crippen molar-refractivity contribution in [3.63, 3.8) is 0 Å². The van der Waals surface area contributed by atoms with Gasteiger partial charge in [0.05, 0.1) is 0 Å². The topological polar surface area (TPSA) is 12.9 Å². The molecule has 2 aliphatic carbocycles. The second-order valence-corrected chi connectivity index (χ2v) is 26.1. The quantitative estimate of drug-likeness (QED) is 0.354.